The number of hydrogen-bond donors (Lipinski definition) is 1. The molecule has 1 fully saturated rings. The number of fused-ring (bicyclic) bond motifs is 1. The molecule has 1 amide bonds. The van der Waals surface area contributed by atoms with Crippen molar-refractivity contribution >= 4 is 5.91 Å². The predicted octanol–water partition coefficient (Wildman–Crippen LogP) is 3.87. The maximum atomic E-state index is 12.0. The molecule has 1 aliphatic carbocycles. The van der Waals surface area contributed by atoms with Gasteiger partial charge in [0.05, 0.1) is 13.2 Å². The minimum Gasteiger partial charge on any atom is -0.490 e. The summed E-state index contributed by atoms with van der Waals surface area (Å²) in [5.41, 5.74) is 1.13. The molecule has 4 heteroatoms. The largest absolute Gasteiger partial charge is 0.490 e. The van der Waals surface area contributed by atoms with Crippen molar-refractivity contribution < 1.29 is 14.3 Å². The summed E-state index contributed by atoms with van der Waals surface area (Å²) in [6, 6.07) is 5.99. The molecule has 0 atom stereocenters. The Morgan fingerprint density at radius 2 is 1.88 bits per heavy atom. The molecular formula is C20H29NO3. The number of nitrogens with one attached hydrogen (secondary N) is 1. The number of hydrogen-bond acceptors (Lipinski definition) is 3. The molecule has 0 aromatic heterocycles. The van der Waals surface area contributed by atoms with Crippen molar-refractivity contribution in [3.8, 4) is 11.5 Å². The van der Waals surface area contributed by atoms with E-state index in [4.69, 9.17) is 9.47 Å². The van der Waals surface area contributed by atoms with E-state index in [1.807, 2.05) is 18.2 Å². The van der Waals surface area contributed by atoms with Gasteiger partial charge < -0.3 is 14.8 Å². The van der Waals surface area contributed by atoms with E-state index >= 15 is 0 Å². The van der Waals surface area contributed by atoms with Crippen molar-refractivity contribution in [1.82, 2.24) is 5.32 Å². The Hall–Kier alpha value is -1.71. The average Bonchev–Trinajstić information content (AvgIpc) is 3.00. The first-order valence-electron chi connectivity index (χ1n) is 9.46. The first kappa shape index (κ1) is 17.1. The normalized spacial score (nSPS) is 17.5. The molecule has 1 aliphatic heterocycles. The highest BCUT2D eigenvalue weighted by Gasteiger charge is 2.14. The number of benzene rings is 1. The van der Waals surface area contributed by atoms with Gasteiger partial charge in [0, 0.05) is 19.4 Å². The first-order chi connectivity index (χ1) is 11.8. The summed E-state index contributed by atoms with van der Waals surface area (Å²) in [6.45, 7) is 2.21. The third-order valence-electron chi connectivity index (χ3n) is 5.04. The van der Waals surface area contributed by atoms with Crippen LogP contribution >= 0.6 is 0 Å². The highest BCUT2D eigenvalue weighted by molar-refractivity contribution is 5.76. The molecule has 0 bridgehead atoms. The summed E-state index contributed by atoms with van der Waals surface area (Å²) < 4.78 is 11.3. The van der Waals surface area contributed by atoms with E-state index in [0.29, 0.717) is 19.6 Å². The maximum absolute atomic E-state index is 12.0. The molecule has 24 heavy (non-hydrogen) atoms. The second-order valence-corrected chi connectivity index (χ2v) is 6.97. The summed E-state index contributed by atoms with van der Waals surface area (Å²) in [6.07, 6.45) is 10.1. The van der Waals surface area contributed by atoms with E-state index < -0.39 is 0 Å². The minimum atomic E-state index is 0.147. The smallest absolute Gasteiger partial charge is 0.220 e. The molecule has 1 saturated carbocycles. The maximum Gasteiger partial charge on any atom is 0.220 e. The van der Waals surface area contributed by atoms with Gasteiger partial charge in [-0.2, -0.15) is 0 Å². The molecule has 0 spiro atoms. The van der Waals surface area contributed by atoms with E-state index in [-0.39, 0.29) is 5.91 Å². The molecule has 0 saturated heterocycles. The lowest BCUT2D eigenvalue weighted by atomic mass is 10.0. The lowest BCUT2D eigenvalue weighted by Crippen LogP contribution is -2.24. The van der Waals surface area contributed by atoms with Gasteiger partial charge in [0.15, 0.2) is 11.5 Å². The van der Waals surface area contributed by atoms with Gasteiger partial charge in [0.2, 0.25) is 5.91 Å². The molecular weight excluding hydrogens is 302 g/mol. The lowest BCUT2D eigenvalue weighted by molar-refractivity contribution is -0.121. The zero-order valence-corrected chi connectivity index (χ0v) is 14.5. The molecule has 1 N–H and O–H groups in total. The van der Waals surface area contributed by atoms with E-state index in [1.54, 1.807) is 0 Å². The van der Waals surface area contributed by atoms with Crippen molar-refractivity contribution in [2.24, 2.45) is 5.92 Å². The second-order valence-electron chi connectivity index (χ2n) is 6.97. The highest BCUT2D eigenvalue weighted by Crippen LogP contribution is 2.31. The van der Waals surface area contributed by atoms with Crippen molar-refractivity contribution in [3.05, 3.63) is 23.8 Å². The zero-order chi connectivity index (χ0) is 16.6. The number of carbonyl (C=O) groups excluding carboxylic acids is 1. The lowest BCUT2D eigenvalue weighted by Gasteiger charge is -2.10. The topological polar surface area (TPSA) is 47.6 Å². The fourth-order valence-corrected chi connectivity index (χ4v) is 3.63. The molecule has 132 valence electrons. The van der Waals surface area contributed by atoms with Crippen LogP contribution in [0.4, 0.5) is 0 Å². The third-order valence-corrected chi connectivity index (χ3v) is 5.04. The third kappa shape index (κ3) is 5.15. The Labute approximate surface area is 144 Å². The minimum absolute atomic E-state index is 0.147. The van der Waals surface area contributed by atoms with Crippen LogP contribution in [0.5, 0.6) is 11.5 Å². The fourth-order valence-electron chi connectivity index (χ4n) is 3.63. The summed E-state index contributed by atoms with van der Waals surface area (Å²) in [7, 11) is 0. The summed E-state index contributed by atoms with van der Waals surface area (Å²) in [4.78, 5) is 12.0. The molecule has 0 radical (unpaired) electrons. The Morgan fingerprint density at radius 3 is 2.71 bits per heavy atom. The molecule has 0 unspecified atom stereocenters. The number of carbonyl (C=O) groups is 1. The molecule has 1 heterocycles. The Morgan fingerprint density at radius 1 is 1.08 bits per heavy atom. The van der Waals surface area contributed by atoms with Gasteiger partial charge >= 0.3 is 0 Å². The van der Waals surface area contributed by atoms with Crippen LogP contribution in [0.25, 0.3) is 0 Å². The highest BCUT2D eigenvalue weighted by atomic mass is 16.5. The van der Waals surface area contributed by atoms with E-state index in [0.717, 1.165) is 48.8 Å². The van der Waals surface area contributed by atoms with Crippen LogP contribution in [-0.4, -0.2) is 25.7 Å². The van der Waals surface area contributed by atoms with Crippen molar-refractivity contribution in [3.63, 3.8) is 0 Å². The van der Waals surface area contributed by atoms with Crippen LogP contribution in [0.1, 0.15) is 56.9 Å². The van der Waals surface area contributed by atoms with Crippen LogP contribution < -0.4 is 14.8 Å². The van der Waals surface area contributed by atoms with E-state index in [2.05, 4.69) is 5.32 Å². The quantitative estimate of drug-likeness (QED) is 0.772. The molecule has 3 rings (SSSR count). The van der Waals surface area contributed by atoms with Crippen LogP contribution in [-0.2, 0) is 11.2 Å². The average molecular weight is 331 g/mol. The second kappa shape index (κ2) is 8.95. The predicted molar refractivity (Wildman–Crippen MR) is 94.6 cm³/mol. The van der Waals surface area contributed by atoms with Crippen molar-refractivity contribution in [2.45, 2.75) is 57.8 Å². The summed E-state index contributed by atoms with van der Waals surface area (Å²) >= 11 is 0. The van der Waals surface area contributed by atoms with Gasteiger partial charge in [-0.05, 0) is 42.9 Å². The summed E-state index contributed by atoms with van der Waals surface area (Å²) in [5, 5.41) is 3.05. The van der Waals surface area contributed by atoms with E-state index in [9.17, 15) is 4.79 Å². The monoisotopic (exact) mass is 331 g/mol. The number of ether oxygens (including phenoxy) is 2. The Balaban J connectivity index is 1.35. The number of rotatable bonds is 7. The number of aryl methyl sites for hydroxylation is 1. The van der Waals surface area contributed by atoms with Gasteiger partial charge in [0.1, 0.15) is 0 Å². The van der Waals surface area contributed by atoms with Crippen LogP contribution in [0.15, 0.2) is 18.2 Å². The van der Waals surface area contributed by atoms with Crippen LogP contribution in [0.3, 0.4) is 0 Å². The first-order valence-corrected chi connectivity index (χ1v) is 9.46. The van der Waals surface area contributed by atoms with Gasteiger partial charge in [-0.1, -0.05) is 31.7 Å². The molecule has 2 aliphatic rings. The Bertz CT molecular complexity index is 538. The van der Waals surface area contributed by atoms with Crippen molar-refractivity contribution in [1.29, 1.82) is 0 Å². The molecule has 1 aromatic carbocycles. The van der Waals surface area contributed by atoms with Crippen LogP contribution in [0, 0.1) is 5.92 Å². The summed E-state index contributed by atoms with van der Waals surface area (Å²) in [5.74, 6) is 2.67. The molecule has 4 nitrogen and oxygen atoms in total. The van der Waals surface area contributed by atoms with Gasteiger partial charge in [0.25, 0.3) is 0 Å². The van der Waals surface area contributed by atoms with Gasteiger partial charge in [-0.3, -0.25) is 4.79 Å². The Kier molecular flexibility index (Phi) is 6.39. The fraction of sp³-hybridized carbons (Fsp3) is 0.650. The number of amides is 1. The van der Waals surface area contributed by atoms with Gasteiger partial charge in [-0.25, -0.2) is 0 Å². The van der Waals surface area contributed by atoms with Crippen molar-refractivity contribution in [2.75, 3.05) is 19.8 Å². The zero-order valence-electron chi connectivity index (χ0n) is 14.5. The molecule has 1 aromatic rings. The van der Waals surface area contributed by atoms with Crippen LogP contribution in [0.2, 0.25) is 0 Å². The van der Waals surface area contributed by atoms with Gasteiger partial charge in [-0.15, -0.1) is 0 Å². The van der Waals surface area contributed by atoms with E-state index in [1.165, 1.54) is 32.1 Å². The standard InChI is InChI=1S/C20H29NO3/c22-20(21-12-3-7-16-5-1-2-6-16)11-9-17-8-10-18-19(15-17)24-14-4-13-23-18/h8,10,15-16H,1-7,9,11-14H2,(H,21,22). The SMILES string of the molecule is O=C(CCc1ccc2c(c1)OCCCO2)NCCCC1CCCC1.